The number of rotatable bonds is 4. The molecule has 82 valence electrons. The predicted molar refractivity (Wildman–Crippen MR) is 65.4 cm³/mol. The van der Waals surface area contributed by atoms with E-state index >= 15 is 0 Å². The first-order valence-corrected chi connectivity index (χ1v) is 5.41. The number of anilines is 1. The molecule has 0 saturated heterocycles. The Balaban J connectivity index is 1.82. The summed E-state index contributed by atoms with van der Waals surface area (Å²) in [6.07, 6.45) is 4.46. The maximum atomic E-state index is 4.10. The van der Waals surface area contributed by atoms with E-state index in [9.17, 15) is 0 Å². The van der Waals surface area contributed by atoms with Crippen molar-refractivity contribution in [1.29, 1.82) is 0 Å². The molecule has 1 aromatic heterocycles. The van der Waals surface area contributed by atoms with Crippen LogP contribution in [0.5, 0.6) is 0 Å². The number of hydrogen-bond donors (Lipinski definition) is 1. The van der Waals surface area contributed by atoms with E-state index in [1.807, 2.05) is 6.07 Å². The van der Waals surface area contributed by atoms with Crippen LogP contribution < -0.4 is 5.32 Å². The molecular formula is C13H15N3. The Morgan fingerprint density at radius 3 is 2.44 bits per heavy atom. The van der Waals surface area contributed by atoms with E-state index in [-0.39, 0.29) is 0 Å². The molecule has 0 aliphatic carbocycles. The quantitative estimate of drug-likeness (QED) is 0.847. The first kappa shape index (κ1) is 10.6. The van der Waals surface area contributed by atoms with Gasteiger partial charge in [0.05, 0.1) is 0 Å². The van der Waals surface area contributed by atoms with Gasteiger partial charge in [-0.15, -0.1) is 0 Å². The molecule has 0 amide bonds. The van der Waals surface area contributed by atoms with Crippen molar-refractivity contribution >= 4 is 5.95 Å². The summed E-state index contributed by atoms with van der Waals surface area (Å²) in [6, 6.07) is 10.4. The third kappa shape index (κ3) is 3.05. The molecule has 0 unspecified atom stereocenters. The zero-order chi connectivity index (χ0) is 11.2. The van der Waals surface area contributed by atoms with Crippen molar-refractivity contribution in [2.75, 3.05) is 11.9 Å². The Hall–Kier alpha value is -1.90. The lowest BCUT2D eigenvalue weighted by atomic mass is 10.1. The van der Waals surface area contributed by atoms with Gasteiger partial charge in [0.1, 0.15) is 0 Å². The molecule has 1 aromatic carbocycles. The van der Waals surface area contributed by atoms with Gasteiger partial charge in [0.2, 0.25) is 5.95 Å². The molecule has 1 heterocycles. The lowest BCUT2D eigenvalue weighted by Crippen LogP contribution is -2.07. The molecule has 0 bridgehead atoms. The lowest BCUT2D eigenvalue weighted by Gasteiger charge is -2.04. The Labute approximate surface area is 95.6 Å². The number of aromatic nitrogens is 2. The first-order valence-electron chi connectivity index (χ1n) is 5.41. The highest BCUT2D eigenvalue weighted by Gasteiger charge is 1.94. The highest BCUT2D eigenvalue weighted by atomic mass is 15.1. The summed E-state index contributed by atoms with van der Waals surface area (Å²) in [5, 5.41) is 3.19. The fourth-order valence-electron chi connectivity index (χ4n) is 1.46. The Kier molecular flexibility index (Phi) is 3.49. The molecule has 2 aromatic rings. The van der Waals surface area contributed by atoms with Gasteiger partial charge in [0.25, 0.3) is 0 Å². The van der Waals surface area contributed by atoms with E-state index in [4.69, 9.17) is 0 Å². The lowest BCUT2D eigenvalue weighted by molar-refractivity contribution is 0.983. The minimum atomic E-state index is 0.689. The van der Waals surface area contributed by atoms with Gasteiger partial charge in [-0.2, -0.15) is 0 Å². The molecule has 0 aliphatic rings. The molecular weight excluding hydrogens is 198 g/mol. The van der Waals surface area contributed by atoms with Crippen LogP contribution in [-0.2, 0) is 6.42 Å². The van der Waals surface area contributed by atoms with Gasteiger partial charge >= 0.3 is 0 Å². The standard InChI is InChI=1S/C13H15N3/c1-11-3-5-12(6-4-11)7-10-16-13-14-8-2-9-15-13/h2-6,8-9H,7,10H2,1H3,(H,14,15,16). The van der Waals surface area contributed by atoms with E-state index in [2.05, 4.69) is 46.5 Å². The van der Waals surface area contributed by atoms with Gasteiger partial charge < -0.3 is 5.32 Å². The molecule has 2 rings (SSSR count). The molecule has 0 saturated carbocycles. The van der Waals surface area contributed by atoms with Gasteiger partial charge in [0, 0.05) is 18.9 Å². The summed E-state index contributed by atoms with van der Waals surface area (Å²) < 4.78 is 0. The third-order valence-electron chi connectivity index (χ3n) is 2.38. The third-order valence-corrected chi connectivity index (χ3v) is 2.38. The van der Waals surface area contributed by atoms with E-state index in [0.717, 1.165) is 13.0 Å². The SMILES string of the molecule is Cc1ccc(CCNc2ncccn2)cc1. The second-order valence-electron chi connectivity index (χ2n) is 3.73. The maximum absolute atomic E-state index is 4.10. The van der Waals surface area contributed by atoms with Crippen LogP contribution in [0.3, 0.4) is 0 Å². The summed E-state index contributed by atoms with van der Waals surface area (Å²) in [7, 11) is 0. The fraction of sp³-hybridized carbons (Fsp3) is 0.231. The summed E-state index contributed by atoms with van der Waals surface area (Å²) in [5.74, 6) is 0.689. The Morgan fingerprint density at radius 2 is 1.75 bits per heavy atom. The van der Waals surface area contributed by atoms with Gasteiger partial charge in [-0.25, -0.2) is 9.97 Å². The number of nitrogens with zero attached hydrogens (tertiary/aromatic N) is 2. The average molecular weight is 213 g/mol. The number of nitrogens with one attached hydrogen (secondary N) is 1. The van der Waals surface area contributed by atoms with Crippen LogP contribution in [0.1, 0.15) is 11.1 Å². The second kappa shape index (κ2) is 5.26. The minimum Gasteiger partial charge on any atom is -0.354 e. The largest absolute Gasteiger partial charge is 0.354 e. The van der Waals surface area contributed by atoms with Crippen molar-refractivity contribution in [3.63, 3.8) is 0 Å². The summed E-state index contributed by atoms with van der Waals surface area (Å²) in [4.78, 5) is 8.20. The fourth-order valence-corrected chi connectivity index (χ4v) is 1.46. The molecule has 0 spiro atoms. The van der Waals surface area contributed by atoms with Crippen molar-refractivity contribution in [3.05, 3.63) is 53.9 Å². The van der Waals surface area contributed by atoms with Crippen molar-refractivity contribution in [1.82, 2.24) is 9.97 Å². The summed E-state index contributed by atoms with van der Waals surface area (Å²) in [5.41, 5.74) is 2.62. The van der Waals surface area contributed by atoms with Gasteiger partial charge in [-0.3, -0.25) is 0 Å². The Bertz CT molecular complexity index is 423. The topological polar surface area (TPSA) is 37.8 Å². The van der Waals surface area contributed by atoms with Crippen LogP contribution in [0.25, 0.3) is 0 Å². The van der Waals surface area contributed by atoms with Crippen LogP contribution in [0.15, 0.2) is 42.7 Å². The van der Waals surface area contributed by atoms with Crippen LogP contribution in [-0.4, -0.2) is 16.5 Å². The van der Waals surface area contributed by atoms with Gasteiger partial charge in [-0.1, -0.05) is 29.8 Å². The normalized spacial score (nSPS) is 10.1. The zero-order valence-corrected chi connectivity index (χ0v) is 9.35. The molecule has 0 aliphatic heterocycles. The molecule has 3 heteroatoms. The predicted octanol–water partition coefficient (Wildman–Crippen LogP) is 2.44. The van der Waals surface area contributed by atoms with Crippen molar-refractivity contribution in [3.8, 4) is 0 Å². The molecule has 16 heavy (non-hydrogen) atoms. The summed E-state index contributed by atoms with van der Waals surface area (Å²) >= 11 is 0. The second-order valence-corrected chi connectivity index (χ2v) is 3.73. The zero-order valence-electron chi connectivity index (χ0n) is 9.35. The van der Waals surface area contributed by atoms with E-state index < -0.39 is 0 Å². The molecule has 0 atom stereocenters. The van der Waals surface area contributed by atoms with Gasteiger partial charge in [0.15, 0.2) is 0 Å². The van der Waals surface area contributed by atoms with Crippen LogP contribution in [0, 0.1) is 6.92 Å². The molecule has 0 fully saturated rings. The summed E-state index contributed by atoms with van der Waals surface area (Å²) in [6.45, 7) is 2.95. The number of hydrogen-bond acceptors (Lipinski definition) is 3. The number of aryl methyl sites for hydroxylation is 1. The molecule has 1 N–H and O–H groups in total. The van der Waals surface area contributed by atoms with Crippen LogP contribution in [0.4, 0.5) is 5.95 Å². The van der Waals surface area contributed by atoms with Crippen molar-refractivity contribution in [2.45, 2.75) is 13.3 Å². The maximum Gasteiger partial charge on any atom is 0.222 e. The van der Waals surface area contributed by atoms with E-state index in [1.54, 1.807) is 12.4 Å². The Morgan fingerprint density at radius 1 is 1.06 bits per heavy atom. The van der Waals surface area contributed by atoms with E-state index in [1.165, 1.54) is 11.1 Å². The van der Waals surface area contributed by atoms with Crippen LogP contribution in [0.2, 0.25) is 0 Å². The molecule has 3 nitrogen and oxygen atoms in total. The first-order chi connectivity index (χ1) is 7.84. The smallest absolute Gasteiger partial charge is 0.222 e. The minimum absolute atomic E-state index is 0.689. The number of benzene rings is 1. The highest BCUT2D eigenvalue weighted by Crippen LogP contribution is 2.04. The van der Waals surface area contributed by atoms with Gasteiger partial charge in [-0.05, 0) is 25.0 Å². The van der Waals surface area contributed by atoms with Crippen molar-refractivity contribution in [2.24, 2.45) is 0 Å². The average Bonchev–Trinajstić information content (AvgIpc) is 2.33. The molecule has 0 radical (unpaired) electrons. The highest BCUT2D eigenvalue weighted by molar-refractivity contribution is 5.25. The van der Waals surface area contributed by atoms with Crippen LogP contribution >= 0.6 is 0 Å². The monoisotopic (exact) mass is 213 g/mol. The van der Waals surface area contributed by atoms with E-state index in [0.29, 0.717) is 5.95 Å². The van der Waals surface area contributed by atoms with Crippen molar-refractivity contribution < 1.29 is 0 Å².